The topological polar surface area (TPSA) is 12.0 Å². The number of alkyl halides is 3. The van der Waals surface area contributed by atoms with Gasteiger partial charge in [0.25, 0.3) is 0 Å². The number of hydrogen-bond acceptors (Lipinski definition) is 2. The molecule has 0 radical (unpaired) electrons. The highest BCUT2D eigenvalue weighted by Crippen LogP contribution is 2.39. The zero-order valence-electron chi connectivity index (χ0n) is 10.7. The first-order chi connectivity index (χ1) is 9.93. The Labute approximate surface area is 123 Å². The molecule has 0 spiro atoms. The van der Waals surface area contributed by atoms with E-state index in [4.69, 9.17) is 0 Å². The molecule has 1 nitrogen and oxygen atoms in total. The highest BCUT2D eigenvalue weighted by atomic mass is 32.2. The minimum absolute atomic E-state index is 0.133. The molecular weight excluding hydrogens is 302 g/mol. The van der Waals surface area contributed by atoms with Gasteiger partial charge in [0.1, 0.15) is 5.82 Å². The van der Waals surface area contributed by atoms with Crippen molar-refractivity contribution >= 4 is 17.4 Å². The van der Waals surface area contributed by atoms with Gasteiger partial charge in [0.05, 0.1) is 17.3 Å². The molecule has 21 heavy (non-hydrogen) atoms. The average molecular weight is 313 g/mol. The summed E-state index contributed by atoms with van der Waals surface area (Å²) < 4.78 is 50.9. The number of benzene rings is 2. The molecule has 1 aliphatic heterocycles. The Hall–Kier alpha value is -1.69. The number of fused-ring (bicyclic) bond motifs is 1. The quantitative estimate of drug-likeness (QED) is 0.735. The molecule has 0 fully saturated rings. The molecule has 6 heteroatoms. The SMILES string of the molecule is Fc1ccc2c(c1)NC(c1ccc(C(F)(F)F)cc1)CS2. The van der Waals surface area contributed by atoms with E-state index in [0.717, 1.165) is 22.6 Å². The number of thioether (sulfide) groups is 1. The highest BCUT2D eigenvalue weighted by molar-refractivity contribution is 7.99. The van der Waals surface area contributed by atoms with Crippen molar-refractivity contribution in [1.29, 1.82) is 0 Å². The van der Waals surface area contributed by atoms with Gasteiger partial charge in [-0.2, -0.15) is 13.2 Å². The molecule has 1 unspecified atom stereocenters. The average Bonchev–Trinajstić information content (AvgIpc) is 2.45. The second-order valence-electron chi connectivity index (χ2n) is 4.77. The van der Waals surface area contributed by atoms with E-state index in [1.807, 2.05) is 0 Å². The second-order valence-corrected chi connectivity index (χ2v) is 5.83. The summed E-state index contributed by atoms with van der Waals surface area (Å²) in [6.07, 6.45) is -4.33. The molecule has 1 aliphatic rings. The number of rotatable bonds is 1. The van der Waals surface area contributed by atoms with Gasteiger partial charge in [-0.15, -0.1) is 11.8 Å². The molecule has 110 valence electrons. The van der Waals surface area contributed by atoms with Crippen molar-refractivity contribution in [2.45, 2.75) is 17.1 Å². The summed E-state index contributed by atoms with van der Waals surface area (Å²) in [6.45, 7) is 0. The molecule has 0 saturated heterocycles. The largest absolute Gasteiger partial charge is 0.416 e. The van der Waals surface area contributed by atoms with Crippen LogP contribution in [0.5, 0.6) is 0 Å². The molecule has 0 aromatic heterocycles. The minimum Gasteiger partial charge on any atom is -0.376 e. The lowest BCUT2D eigenvalue weighted by Gasteiger charge is -2.27. The first-order valence-corrected chi connectivity index (χ1v) is 7.28. The summed E-state index contributed by atoms with van der Waals surface area (Å²) in [5, 5.41) is 3.17. The molecule has 1 atom stereocenters. The highest BCUT2D eigenvalue weighted by Gasteiger charge is 2.30. The van der Waals surface area contributed by atoms with Crippen LogP contribution in [0.15, 0.2) is 47.4 Å². The van der Waals surface area contributed by atoms with Crippen LogP contribution in [0.25, 0.3) is 0 Å². The Balaban J connectivity index is 1.83. The van der Waals surface area contributed by atoms with Crippen LogP contribution in [0.4, 0.5) is 23.2 Å². The number of nitrogens with one attached hydrogen (secondary N) is 1. The minimum atomic E-state index is -4.33. The fourth-order valence-corrected chi connectivity index (χ4v) is 3.29. The van der Waals surface area contributed by atoms with Gasteiger partial charge in [-0.1, -0.05) is 12.1 Å². The van der Waals surface area contributed by atoms with E-state index in [-0.39, 0.29) is 11.9 Å². The summed E-state index contributed by atoms with van der Waals surface area (Å²) in [5.41, 5.74) is 0.766. The standard InChI is InChI=1S/C15H11F4NS/c16-11-5-6-14-12(7-11)20-13(8-21-14)9-1-3-10(4-2-9)15(17,18)19/h1-7,13,20H,8H2. The van der Waals surface area contributed by atoms with Gasteiger partial charge in [0.2, 0.25) is 0 Å². The smallest absolute Gasteiger partial charge is 0.376 e. The van der Waals surface area contributed by atoms with Gasteiger partial charge in [0, 0.05) is 10.6 Å². The van der Waals surface area contributed by atoms with E-state index >= 15 is 0 Å². The first kappa shape index (κ1) is 14.3. The lowest BCUT2D eigenvalue weighted by Crippen LogP contribution is -2.18. The van der Waals surface area contributed by atoms with Crippen LogP contribution in [0.1, 0.15) is 17.2 Å². The fourth-order valence-electron chi connectivity index (χ4n) is 2.23. The van der Waals surface area contributed by atoms with Gasteiger partial charge in [-0.25, -0.2) is 4.39 Å². The van der Waals surface area contributed by atoms with E-state index in [1.54, 1.807) is 17.8 Å². The maximum absolute atomic E-state index is 13.2. The summed E-state index contributed by atoms with van der Waals surface area (Å²) in [5.74, 6) is 0.346. The predicted molar refractivity (Wildman–Crippen MR) is 74.9 cm³/mol. The maximum atomic E-state index is 13.2. The third-order valence-electron chi connectivity index (χ3n) is 3.32. The lowest BCUT2D eigenvalue weighted by molar-refractivity contribution is -0.137. The maximum Gasteiger partial charge on any atom is 0.416 e. The first-order valence-electron chi connectivity index (χ1n) is 6.29. The molecule has 1 N–H and O–H groups in total. The molecule has 1 heterocycles. The van der Waals surface area contributed by atoms with Gasteiger partial charge in [-0.3, -0.25) is 0 Å². The third kappa shape index (κ3) is 3.00. The normalized spacial score (nSPS) is 18.0. The summed E-state index contributed by atoms with van der Waals surface area (Å²) in [6, 6.07) is 9.43. The van der Waals surface area contributed by atoms with Crippen molar-refractivity contribution < 1.29 is 17.6 Å². The summed E-state index contributed by atoms with van der Waals surface area (Å²) in [4.78, 5) is 0.944. The Kier molecular flexibility index (Phi) is 3.57. The Morgan fingerprint density at radius 2 is 1.76 bits per heavy atom. The van der Waals surface area contributed by atoms with Crippen LogP contribution in [0, 0.1) is 5.82 Å². The Morgan fingerprint density at radius 3 is 2.43 bits per heavy atom. The van der Waals surface area contributed by atoms with Crippen molar-refractivity contribution in [3.8, 4) is 0 Å². The van der Waals surface area contributed by atoms with Crippen LogP contribution in [0.2, 0.25) is 0 Å². The van der Waals surface area contributed by atoms with E-state index in [9.17, 15) is 17.6 Å². The second kappa shape index (κ2) is 5.26. The molecule has 0 bridgehead atoms. The Bertz CT molecular complexity index is 652. The van der Waals surface area contributed by atoms with Crippen molar-refractivity contribution in [3.05, 3.63) is 59.4 Å². The van der Waals surface area contributed by atoms with Crippen LogP contribution in [-0.2, 0) is 6.18 Å². The molecule has 3 rings (SSSR count). The predicted octanol–water partition coefficient (Wildman–Crippen LogP) is 5.10. The molecule has 0 saturated carbocycles. The Morgan fingerprint density at radius 1 is 1.05 bits per heavy atom. The lowest BCUT2D eigenvalue weighted by atomic mass is 10.1. The molecule has 2 aromatic rings. The monoisotopic (exact) mass is 313 g/mol. The van der Waals surface area contributed by atoms with Crippen molar-refractivity contribution in [2.75, 3.05) is 11.1 Å². The number of anilines is 1. The van der Waals surface area contributed by atoms with Gasteiger partial charge >= 0.3 is 6.18 Å². The molecular formula is C15H11F4NS. The van der Waals surface area contributed by atoms with Crippen molar-refractivity contribution in [1.82, 2.24) is 0 Å². The molecule has 2 aromatic carbocycles. The van der Waals surface area contributed by atoms with E-state index in [0.29, 0.717) is 11.4 Å². The van der Waals surface area contributed by atoms with Gasteiger partial charge in [0.15, 0.2) is 0 Å². The van der Waals surface area contributed by atoms with Gasteiger partial charge < -0.3 is 5.32 Å². The molecule has 0 aliphatic carbocycles. The zero-order chi connectivity index (χ0) is 15.0. The third-order valence-corrected chi connectivity index (χ3v) is 4.48. The number of halogens is 4. The van der Waals surface area contributed by atoms with Crippen LogP contribution < -0.4 is 5.32 Å². The number of hydrogen-bond donors (Lipinski definition) is 1. The van der Waals surface area contributed by atoms with E-state index in [1.165, 1.54) is 24.3 Å². The van der Waals surface area contributed by atoms with E-state index < -0.39 is 11.7 Å². The van der Waals surface area contributed by atoms with Crippen LogP contribution >= 0.6 is 11.8 Å². The van der Waals surface area contributed by atoms with E-state index in [2.05, 4.69) is 5.32 Å². The molecule has 0 amide bonds. The van der Waals surface area contributed by atoms with Gasteiger partial charge in [-0.05, 0) is 35.9 Å². The van der Waals surface area contributed by atoms with Crippen molar-refractivity contribution in [2.24, 2.45) is 0 Å². The van der Waals surface area contributed by atoms with Crippen molar-refractivity contribution in [3.63, 3.8) is 0 Å². The fraction of sp³-hybridized carbons (Fsp3) is 0.200. The van der Waals surface area contributed by atoms with Crippen LogP contribution in [0.3, 0.4) is 0 Å². The zero-order valence-corrected chi connectivity index (χ0v) is 11.6. The summed E-state index contributed by atoms with van der Waals surface area (Å²) in [7, 11) is 0. The van der Waals surface area contributed by atoms with Crippen LogP contribution in [-0.4, -0.2) is 5.75 Å². The summed E-state index contributed by atoms with van der Waals surface area (Å²) >= 11 is 1.56.